The van der Waals surface area contributed by atoms with Crippen molar-refractivity contribution in [3.05, 3.63) is 41.5 Å². The molecule has 0 bridgehead atoms. The molecule has 4 rings (SSSR count). The molecule has 1 N–H and O–H groups in total. The molecule has 2 aliphatic rings. The summed E-state index contributed by atoms with van der Waals surface area (Å²) in [7, 11) is 0. The molecule has 0 unspecified atom stereocenters. The fourth-order valence-electron chi connectivity index (χ4n) is 2.98. The number of hydrogen-bond donors (Lipinski definition) is 1. The third-order valence-electron chi connectivity index (χ3n) is 4.37. The number of benzene rings is 1. The van der Waals surface area contributed by atoms with E-state index in [4.69, 9.17) is 0 Å². The summed E-state index contributed by atoms with van der Waals surface area (Å²) in [4.78, 5) is 2.42. The molecule has 0 amide bonds. The van der Waals surface area contributed by atoms with E-state index in [0.29, 0.717) is 0 Å². The molecule has 1 aromatic carbocycles. The average Bonchev–Trinajstić information content (AvgIpc) is 3.20. The topological polar surface area (TPSA) is 46.0 Å². The predicted molar refractivity (Wildman–Crippen MR) is 82.1 cm³/mol. The Bertz CT molecular complexity index is 644. The van der Waals surface area contributed by atoms with Gasteiger partial charge in [-0.1, -0.05) is 17.7 Å². The molecule has 5 heteroatoms. The summed E-state index contributed by atoms with van der Waals surface area (Å²) in [5.74, 6) is 1.06. The third-order valence-corrected chi connectivity index (χ3v) is 4.37. The van der Waals surface area contributed by atoms with E-state index in [2.05, 4.69) is 50.1 Å². The Balaban J connectivity index is 1.58. The molecule has 1 aliphatic carbocycles. The normalized spacial score (nSPS) is 17.9. The molecule has 2 heterocycles. The highest BCUT2D eigenvalue weighted by molar-refractivity contribution is 5.55. The van der Waals surface area contributed by atoms with Crippen LogP contribution in [0.2, 0.25) is 0 Å². The van der Waals surface area contributed by atoms with Crippen molar-refractivity contribution >= 4 is 5.69 Å². The molecule has 1 aromatic heterocycles. The highest BCUT2D eigenvalue weighted by Crippen LogP contribution is 2.27. The minimum absolute atomic E-state index is 0.739. The lowest BCUT2D eigenvalue weighted by Gasteiger charge is -2.31. The highest BCUT2D eigenvalue weighted by atomic mass is 15.3. The van der Waals surface area contributed by atoms with Crippen LogP contribution in [-0.4, -0.2) is 27.4 Å². The zero-order valence-electron chi connectivity index (χ0n) is 12.4. The van der Waals surface area contributed by atoms with Crippen molar-refractivity contribution in [2.75, 3.05) is 11.4 Å². The maximum absolute atomic E-state index is 4.22. The van der Waals surface area contributed by atoms with E-state index in [1.54, 1.807) is 0 Å². The van der Waals surface area contributed by atoms with Crippen LogP contribution in [0.4, 0.5) is 5.69 Å². The standard InChI is InChI=1S/C16H21N5/c1-12-2-5-15(13(8-12)9-17-14-3-4-14)20-6-7-21-11-18-19-16(21)10-20/h2,5,8,11,14,17H,3-4,6-7,9-10H2,1H3. The van der Waals surface area contributed by atoms with Crippen LogP contribution < -0.4 is 10.2 Å². The maximum atomic E-state index is 4.22. The van der Waals surface area contributed by atoms with Crippen LogP contribution in [-0.2, 0) is 19.6 Å². The first-order chi connectivity index (χ1) is 10.3. The lowest BCUT2D eigenvalue weighted by molar-refractivity contribution is 0.557. The maximum Gasteiger partial charge on any atom is 0.152 e. The number of fused-ring (bicyclic) bond motifs is 1. The number of hydrogen-bond acceptors (Lipinski definition) is 4. The summed E-state index contributed by atoms with van der Waals surface area (Å²) in [5.41, 5.74) is 4.06. The van der Waals surface area contributed by atoms with Gasteiger partial charge in [0.05, 0.1) is 6.54 Å². The van der Waals surface area contributed by atoms with E-state index >= 15 is 0 Å². The van der Waals surface area contributed by atoms with Crippen molar-refractivity contribution in [3.8, 4) is 0 Å². The molecule has 21 heavy (non-hydrogen) atoms. The van der Waals surface area contributed by atoms with E-state index in [9.17, 15) is 0 Å². The number of aryl methyl sites for hydroxylation is 1. The van der Waals surface area contributed by atoms with Crippen LogP contribution in [0.5, 0.6) is 0 Å². The Hall–Kier alpha value is -1.88. The first-order valence-corrected chi connectivity index (χ1v) is 7.74. The van der Waals surface area contributed by atoms with E-state index in [0.717, 1.165) is 38.0 Å². The van der Waals surface area contributed by atoms with Gasteiger partial charge in [0.2, 0.25) is 0 Å². The molecule has 5 nitrogen and oxygen atoms in total. The van der Waals surface area contributed by atoms with Gasteiger partial charge in [0.15, 0.2) is 5.82 Å². The molecule has 0 radical (unpaired) electrons. The van der Waals surface area contributed by atoms with Crippen molar-refractivity contribution in [1.29, 1.82) is 0 Å². The number of anilines is 1. The number of aromatic nitrogens is 3. The van der Waals surface area contributed by atoms with Gasteiger partial charge in [0, 0.05) is 31.4 Å². The number of nitrogens with zero attached hydrogens (tertiary/aromatic N) is 4. The van der Waals surface area contributed by atoms with E-state index in [1.165, 1.54) is 29.7 Å². The average molecular weight is 283 g/mol. The zero-order chi connectivity index (χ0) is 14.2. The predicted octanol–water partition coefficient (Wildman–Crippen LogP) is 1.86. The fraction of sp³-hybridized carbons (Fsp3) is 0.500. The van der Waals surface area contributed by atoms with Crippen LogP contribution in [0, 0.1) is 6.92 Å². The van der Waals surface area contributed by atoms with Crippen LogP contribution in [0.25, 0.3) is 0 Å². The largest absolute Gasteiger partial charge is 0.362 e. The number of rotatable bonds is 4. The van der Waals surface area contributed by atoms with Crippen molar-refractivity contribution in [3.63, 3.8) is 0 Å². The van der Waals surface area contributed by atoms with Crippen LogP contribution >= 0.6 is 0 Å². The van der Waals surface area contributed by atoms with Crippen LogP contribution in [0.15, 0.2) is 24.5 Å². The van der Waals surface area contributed by atoms with Gasteiger partial charge in [0.25, 0.3) is 0 Å². The molecule has 0 atom stereocenters. The summed E-state index contributed by atoms with van der Waals surface area (Å²) in [6.07, 6.45) is 4.49. The minimum atomic E-state index is 0.739. The smallest absolute Gasteiger partial charge is 0.152 e. The monoisotopic (exact) mass is 283 g/mol. The Morgan fingerprint density at radius 3 is 3.05 bits per heavy atom. The van der Waals surface area contributed by atoms with Crippen molar-refractivity contribution in [2.45, 2.75) is 45.4 Å². The van der Waals surface area contributed by atoms with Gasteiger partial charge >= 0.3 is 0 Å². The summed E-state index contributed by atoms with van der Waals surface area (Å²) in [6.45, 7) is 5.96. The van der Waals surface area contributed by atoms with Crippen molar-refractivity contribution < 1.29 is 0 Å². The fourth-order valence-corrected chi connectivity index (χ4v) is 2.98. The van der Waals surface area contributed by atoms with Gasteiger partial charge < -0.3 is 14.8 Å². The molecule has 2 aromatic rings. The summed E-state index contributed by atoms with van der Waals surface area (Å²) >= 11 is 0. The van der Waals surface area contributed by atoms with E-state index in [1.807, 2.05) is 6.33 Å². The van der Waals surface area contributed by atoms with Crippen LogP contribution in [0.3, 0.4) is 0 Å². The van der Waals surface area contributed by atoms with Crippen molar-refractivity contribution in [1.82, 2.24) is 20.1 Å². The second-order valence-electron chi connectivity index (χ2n) is 6.15. The van der Waals surface area contributed by atoms with Gasteiger partial charge in [-0.25, -0.2) is 0 Å². The summed E-state index contributed by atoms with van der Waals surface area (Å²) < 4.78 is 2.15. The summed E-state index contributed by atoms with van der Waals surface area (Å²) in [5, 5.41) is 11.9. The molecule has 110 valence electrons. The quantitative estimate of drug-likeness (QED) is 0.930. The SMILES string of the molecule is Cc1ccc(N2CCn3cnnc3C2)c(CNC2CC2)c1. The van der Waals surface area contributed by atoms with Gasteiger partial charge in [-0.05, 0) is 31.4 Å². The minimum Gasteiger partial charge on any atom is -0.362 e. The Labute approximate surface area is 125 Å². The molecule has 1 fully saturated rings. The first-order valence-electron chi connectivity index (χ1n) is 7.74. The lowest BCUT2D eigenvalue weighted by atomic mass is 10.1. The second kappa shape index (κ2) is 5.15. The van der Waals surface area contributed by atoms with E-state index in [-0.39, 0.29) is 0 Å². The Kier molecular flexibility index (Phi) is 3.15. The van der Waals surface area contributed by atoms with Crippen LogP contribution in [0.1, 0.15) is 29.8 Å². The highest BCUT2D eigenvalue weighted by Gasteiger charge is 2.23. The van der Waals surface area contributed by atoms with Gasteiger partial charge in [-0.3, -0.25) is 0 Å². The molecule has 0 spiro atoms. The molecule has 1 aliphatic heterocycles. The lowest BCUT2D eigenvalue weighted by Crippen LogP contribution is -2.34. The van der Waals surface area contributed by atoms with Crippen molar-refractivity contribution in [2.24, 2.45) is 0 Å². The van der Waals surface area contributed by atoms with E-state index < -0.39 is 0 Å². The molecular weight excluding hydrogens is 262 g/mol. The van der Waals surface area contributed by atoms with Gasteiger partial charge in [-0.2, -0.15) is 0 Å². The Morgan fingerprint density at radius 1 is 1.29 bits per heavy atom. The third kappa shape index (κ3) is 2.65. The van der Waals surface area contributed by atoms with Gasteiger partial charge in [0.1, 0.15) is 6.33 Å². The van der Waals surface area contributed by atoms with Gasteiger partial charge in [-0.15, -0.1) is 10.2 Å². The molecule has 1 saturated carbocycles. The summed E-state index contributed by atoms with van der Waals surface area (Å²) in [6, 6.07) is 7.51. The zero-order valence-corrected chi connectivity index (χ0v) is 12.4. The molecular formula is C16H21N5. The molecule has 0 saturated heterocycles. The number of nitrogens with one attached hydrogen (secondary N) is 1. The Morgan fingerprint density at radius 2 is 2.19 bits per heavy atom. The second-order valence-corrected chi connectivity index (χ2v) is 6.15. The first kappa shape index (κ1) is 12.8.